The van der Waals surface area contributed by atoms with Gasteiger partial charge in [-0.1, -0.05) is 12.1 Å². The molecule has 1 unspecified atom stereocenters. The van der Waals surface area contributed by atoms with Gasteiger partial charge in [-0.3, -0.25) is 5.84 Å². The van der Waals surface area contributed by atoms with E-state index >= 15 is 0 Å². The highest BCUT2D eigenvalue weighted by Gasteiger charge is 2.31. The lowest BCUT2D eigenvalue weighted by atomic mass is 10.00. The summed E-state index contributed by atoms with van der Waals surface area (Å²) < 4.78 is 42.7. The van der Waals surface area contributed by atoms with Crippen molar-refractivity contribution in [2.45, 2.75) is 12.2 Å². The Kier molecular flexibility index (Phi) is 3.40. The van der Waals surface area contributed by atoms with Crippen molar-refractivity contribution in [3.63, 3.8) is 0 Å². The number of halogens is 3. The maximum Gasteiger partial charge on any atom is 0.416 e. The van der Waals surface area contributed by atoms with Crippen molar-refractivity contribution in [2.75, 3.05) is 0 Å². The summed E-state index contributed by atoms with van der Waals surface area (Å²) in [4.78, 5) is 0. The predicted octanol–water partition coefficient (Wildman–Crippen LogP) is 2.85. The van der Waals surface area contributed by atoms with Gasteiger partial charge in [-0.25, -0.2) is 5.43 Å². The molecule has 1 atom stereocenters. The molecule has 1 aromatic heterocycles. The fraction of sp³-hybridized carbons (Fsp3) is 0.167. The average molecular weight is 256 g/mol. The SMILES string of the molecule is NNC(c1ccoc1)c1cccc(C(F)(F)F)c1. The summed E-state index contributed by atoms with van der Waals surface area (Å²) in [5.41, 5.74) is 2.86. The first-order valence-corrected chi connectivity index (χ1v) is 5.18. The third-order valence-corrected chi connectivity index (χ3v) is 2.59. The van der Waals surface area contributed by atoms with Crippen molar-refractivity contribution < 1.29 is 17.6 Å². The van der Waals surface area contributed by atoms with Crippen LogP contribution in [0.2, 0.25) is 0 Å². The second-order valence-corrected chi connectivity index (χ2v) is 3.78. The Labute approximate surface area is 101 Å². The zero-order valence-electron chi connectivity index (χ0n) is 9.24. The van der Waals surface area contributed by atoms with Crippen molar-refractivity contribution in [3.05, 3.63) is 59.5 Å². The molecule has 0 bridgehead atoms. The number of alkyl halides is 3. The highest BCUT2D eigenvalue weighted by Crippen LogP contribution is 2.31. The Bertz CT molecular complexity index is 508. The van der Waals surface area contributed by atoms with Crippen LogP contribution in [-0.4, -0.2) is 0 Å². The molecule has 6 heteroatoms. The van der Waals surface area contributed by atoms with Gasteiger partial charge in [-0.15, -0.1) is 0 Å². The summed E-state index contributed by atoms with van der Waals surface area (Å²) in [7, 11) is 0. The summed E-state index contributed by atoms with van der Waals surface area (Å²) in [5.74, 6) is 5.38. The molecule has 0 aliphatic heterocycles. The van der Waals surface area contributed by atoms with Gasteiger partial charge in [0.25, 0.3) is 0 Å². The Morgan fingerprint density at radius 2 is 1.94 bits per heavy atom. The Morgan fingerprint density at radius 1 is 1.17 bits per heavy atom. The summed E-state index contributed by atoms with van der Waals surface area (Å²) in [6.45, 7) is 0. The van der Waals surface area contributed by atoms with E-state index in [2.05, 4.69) is 5.43 Å². The number of hydrogen-bond acceptors (Lipinski definition) is 3. The van der Waals surface area contributed by atoms with E-state index in [0.717, 1.165) is 12.1 Å². The van der Waals surface area contributed by atoms with E-state index in [9.17, 15) is 13.2 Å². The highest BCUT2D eigenvalue weighted by atomic mass is 19.4. The molecular weight excluding hydrogens is 245 g/mol. The van der Waals surface area contributed by atoms with E-state index in [1.807, 2.05) is 0 Å². The molecule has 96 valence electrons. The zero-order valence-corrected chi connectivity index (χ0v) is 9.24. The molecule has 0 fully saturated rings. The van der Waals surface area contributed by atoms with Crippen LogP contribution in [0.25, 0.3) is 0 Å². The van der Waals surface area contributed by atoms with Crippen molar-refractivity contribution in [1.82, 2.24) is 5.43 Å². The second kappa shape index (κ2) is 4.83. The van der Waals surface area contributed by atoms with E-state index in [1.165, 1.54) is 18.6 Å². The van der Waals surface area contributed by atoms with Gasteiger partial charge in [-0.2, -0.15) is 13.2 Å². The number of nitrogens with one attached hydrogen (secondary N) is 1. The first-order valence-electron chi connectivity index (χ1n) is 5.18. The molecule has 1 heterocycles. The number of rotatable bonds is 3. The standard InChI is InChI=1S/C12H11F3N2O/c13-12(14,15)10-3-1-2-8(6-10)11(17-16)9-4-5-18-7-9/h1-7,11,17H,16H2. The predicted molar refractivity (Wildman–Crippen MR) is 59.3 cm³/mol. The Balaban J connectivity index is 2.38. The normalized spacial score (nSPS) is 13.6. The van der Waals surface area contributed by atoms with Gasteiger partial charge in [0.2, 0.25) is 0 Å². The van der Waals surface area contributed by atoms with Gasteiger partial charge in [0, 0.05) is 5.56 Å². The van der Waals surface area contributed by atoms with Crippen LogP contribution in [0.1, 0.15) is 22.7 Å². The monoisotopic (exact) mass is 256 g/mol. The molecular formula is C12H11F3N2O. The highest BCUT2D eigenvalue weighted by molar-refractivity contribution is 5.33. The first-order chi connectivity index (χ1) is 8.52. The Morgan fingerprint density at radius 3 is 2.50 bits per heavy atom. The largest absolute Gasteiger partial charge is 0.472 e. The van der Waals surface area contributed by atoms with E-state index < -0.39 is 17.8 Å². The number of furan rings is 1. The van der Waals surface area contributed by atoms with E-state index in [-0.39, 0.29) is 0 Å². The van der Waals surface area contributed by atoms with E-state index in [4.69, 9.17) is 10.3 Å². The minimum atomic E-state index is -4.37. The van der Waals surface area contributed by atoms with Crippen LogP contribution in [0.15, 0.2) is 47.3 Å². The van der Waals surface area contributed by atoms with Gasteiger partial charge in [0.05, 0.1) is 24.1 Å². The molecule has 0 saturated carbocycles. The molecule has 3 nitrogen and oxygen atoms in total. The smallest absolute Gasteiger partial charge is 0.416 e. The van der Waals surface area contributed by atoms with Crippen LogP contribution in [-0.2, 0) is 6.18 Å². The van der Waals surface area contributed by atoms with Gasteiger partial charge < -0.3 is 4.42 Å². The average Bonchev–Trinajstić information content (AvgIpc) is 2.83. The molecule has 0 saturated heterocycles. The number of benzene rings is 1. The lowest BCUT2D eigenvalue weighted by Gasteiger charge is -2.16. The number of nitrogens with two attached hydrogens (primary N) is 1. The van der Waals surface area contributed by atoms with Gasteiger partial charge >= 0.3 is 6.18 Å². The second-order valence-electron chi connectivity index (χ2n) is 3.78. The summed E-state index contributed by atoms with van der Waals surface area (Å²) >= 11 is 0. The third-order valence-electron chi connectivity index (χ3n) is 2.59. The summed E-state index contributed by atoms with van der Waals surface area (Å²) in [6.07, 6.45) is -1.50. The van der Waals surface area contributed by atoms with Gasteiger partial charge in [0.1, 0.15) is 0 Å². The quantitative estimate of drug-likeness (QED) is 0.655. The summed E-state index contributed by atoms with van der Waals surface area (Å²) in [5, 5.41) is 0. The van der Waals surface area contributed by atoms with Crippen molar-refractivity contribution >= 4 is 0 Å². The van der Waals surface area contributed by atoms with E-state index in [0.29, 0.717) is 11.1 Å². The van der Waals surface area contributed by atoms with Crippen LogP contribution >= 0.6 is 0 Å². The van der Waals surface area contributed by atoms with Crippen molar-refractivity contribution in [1.29, 1.82) is 0 Å². The Hall–Kier alpha value is -1.79. The molecule has 0 amide bonds. The van der Waals surface area contributed by atoms with Crippen LogP contribution in [0.3, 0.4) is 0 Å². The van der Waals surface area contributed by atoms with Crippen molar-refractivity contribution in [3.8, 4) is 0 Å². The maximum atomic E-state index is 12.6. The fourth-order valence-electron chi connectivity index (χ4n) is 1.72. The molecule has 2 rings (SSSR count). The summed E-state index contributed by atoms with van der Waals surface area (Å²) in [6, 6.07) is 6.12. The number of hydrazine groups is 1. The number of hydrogen-bond donors (Lipinski definition) is 2. The molecule has 2 aromatic rings. The van der Waals surface area contributed by atoms with Crippen LogP contribution in [0, 0.1) is 0 Å². The molecule has 1 aromatic carbocycles. The third kappa shape index (κ3) is 2.55. The van der Waals surface area contributed by atoms with Crippen LogP contribution in [0.5, 0.6) is 0 Å². The first kappa shape index (κ1) is 12.7. The van der Waals surface area contributed by atoms with Crippen LogP contribution in [0.4, 0.5) is 13.2 Å². The zero-order chi connectivity index (χ0) is 13.2. The lowest BCUT2D eigenvalue weighted by molar-refractivity contribution is -0.137. The molecule has 0 spiro atoms. The van der Waals surface area contributed by atoms with Crippen LogP contribution < -0.4 is 11.3 Å². The van der Waals surface area contributed by atoms with Crippen molar-refractivity contribution in [2.24, 2.45) is 5.84 Å². The minimum absolute atomic E-state index is 0.425. The molecule has 18 heavy (non-hydrogen) atoms. The van der Waals surface area contributed by atoms with Gasteiger partial charge in [0.15, 0.2) is 0 Å². The molecule has 0 aliphatic rings. The molecule has 0 radical (unpaired) electrons. The van der Waals surface area contributed by atoms with E-state index in [1.54, 1.807) is 12.1 Å². The minimum Gasteiger partial charge on any atom is -0.472 e. The van der Waals surface area contributed by atoms with Gasteiger partial charge in [-0.05, 0) is 23.8 Å². The topological polar surface area (TPSA) is 51.2 Å². The lowest BCUT2D eigenvalue weighted by Crippen LogP contribution is -2.28. The fourth-order valence-corrected chi connectivity index (χ4v) is 1.72. The molecule has 0 aliphatic carbocycles. The maximum absolute atomic E-state index is 12.6. The molecule has 3 N–H and O–H groups in total.